The highest BCUT2D eigenvalue weighted by Gasteiger charge is 2.28. The highest BCUT2D eigenvalue weighted by Crippen LogP contribution is 2.38. The van der Waals surface area contributed by atoms with Crippen LogP contribution < -0.4 is 5.73 Å². The summed E-state index contributed by atoms with van der Waals surface area (Å²) < 4.78 is 2.19. The van der Waals surface area contributed by atoms with Gasteiger partial charge in [0.2, 0.25) is 0 Å². The molecule has 1 aromatic rings. The van der Waals surface area contributed by atoms with Crippen molar-refractivity contribution in [1.29, 1.82) is 0 Å². The van der Waals surface area contributed by atoms with Crippen LogP contribution in [-0.2, 0) is 6.54 Å². The predicted molar refractivity (Wildman–Crippen MR) is 61.7 cm³/mol. The van der Waals surface area contributed by atoms with Crippen LogP contribution >= 0.6 is 11.8 Å². The van der Waals surface area contributed by atoms with E-state index < -0.39 is 0 Å². The van der Waals surface area contributed by atoms with Crippen LogP contribution in [0.15, 0.2) is 17.3 Å². The summed E-state index contributed by atoms with van der Waals surface area (Å²) in [7, 11) is 0. The molecule has 0 atom stereocenters. The number of hydrogen-bond donors (Lipinski definition) is 1. The normalized spacial score (nSPS) is 15.6. The van der Waals surface area contributed by atoms with Crippen molar-refractivity contribution >= 4 is 11.8 Å². The molecule has 1 aromatic heterocycles. The van der Waals surface area contributed by atoms with E-state index in [0.29, 0.717) is 12.6 Å². The summed E-state index contributed by atoms with van der Waals surface area (Å²) in [5.41, 5.74) is 6.79. The molecule has 0 spiro atoms. The van der Waals surface area contributed by atoms with Crippen molar-refractivity contribution in [2.45, 2.75) is 37.5 Å². The lowest BCUT2D eigenvalue weighted by Crippen LogP contribution is -2.08. The van der Waals surface area contributed by atoms with Crippen LogP contribution in [0.25, 0.3) is 0 Å². The third-order valence-electron chi connectivity index (χ3n) is 2.28. The number of thioether (sulfide) groups is 1. The van der Waals surface area contributed by atoms with E-state index in [1.807, 2.05) is 6.92 Å². The molecule has 0 unspecified atom stereocenters. The van der Waals surface area contributed by atoms with Crippen molar-refractivity contribution in [1.82, 2.24) is 14.8 Å². The Labute approximate surface area is 93.9 Å². The standard InChI is InChI=1S/C10H16N4S/c1-7(2)6-15-10-13-12-9(5-11)14(10)8-3-4-8/h8H,1,3-6,11H2,2H3. The Hall–Kier alpha value is -0.810. The molecular weight excluding hydrogens is 208 g/mol. The molecule has 0 aliphatic heterocycles. The van der Waals surface area contributed by atoms with Crippen molar-refractivity contribution in [2.24, 2.45) is 5.73 Å². The molecule has 2 rings (SSSR count). The highest BCUT2D eigenvalue weighted by atomic mass is 32.2. The Morgan fingerprint density at radius 3 is 2.87 bits per heavy atom. The zero-order chi connectivity index (χ0) is 10.8. The Kier molecular flexibility index (Phi) is 3.11. The number of rotatable bonds is 5. The maximum absolute atomic E-state index is 5.64. The van der Waals surface area contributed by atoms with Gasteiger partial charge in [0.05, 0.1) is 6.54 Å². The molecule has 0 aromatic carbocycles. The summed E-state index contributed by atoms with van der Waals surface area (Å²) in [5.74, 6) is 1.80. The maximum Gasteiger partial charge on any atom is 0.191 e. The second kappa shape index (κ2) is 4.37. The third-order valence-corrected chi connectivity index (χ3v) is 3.45. The SMILES string of the molecule is C=C(C)CSc1nnc(CN)n1C1CC1. The average molecular weight is 224 g/mol. The van der Waals surface area contributed by atoms with Gasteiger partial charge in [-0.1, -0.05) is 23.9 Å². The molecule has 2 N–H and O–H groups in total. The van der Waals surface area contributed by atoms with E-state index in [1.165, 1.54) is 12.8 Å². The van der Waals surface area contributed by atoms with Crippen LogP contribution in [0.1, 0.15) is 31.6 Å². The van der Waals surface area contributed by atoms with E-state index in [9.17, 15) is 0 Å². The Balaban J connectivity index is 2.15. The van der Waals surface area contributed by atoms with Crippen LogP contribution in [-0.4, -0.2) is 20.5 Å². The maximum atomic E-state index is 5.64. The van der Waals surface area contributed by atoms with E-state index in [1.54, 1.807) is 11.8 Å². The lowest BCUT2D eigenvalue weighted by Gasteiger charge is -2.06. The first kappa shape index (κ1) is 10.7. The fourth-order valence-electron chi connectivity index (χ4n) is 1.43. The summed E-state index contributed by atoms with van der Waals surface area (Å²) in [5, 5.41) is 9.27. The molecule has 1 aliphatic rings. The second-order valence-electron chi connectivity index (χ2n) is 3.95. The van der Waals surface area contributed by atoms with Gasteiger partial charge < -0.3 is 10.3 Å². The van der Waals surface area contributed by atoms with Gasteiger partial charge in [-0.05, 0) is 19.8 Å². The molecule has 0 bridgehead atoms. The quantitative estimate of drug-likeness (QED) is 0.611. The molecule has 1 saturated carbocycles. The van der Waals surface area contributed by atoms with Gasteiger partial charge in [-0.25, -0.2) is 0 Å². The minimum atomic E-state index is 0.469. The van der Waals surface area contributed by atoms with Crippen molar-refractivity contribution in [2.75, 3.05) is 5.75 Å². The first-order chi connectivity index (χ1) is 7.22. The van der Waals surface area contributed by atoms with E-state index in [4.69, 9.17) is 5.73 Å². The fourth-order valence-corrected chi connectivity index (χ4v) is 2.30. The van der Waals surface area contributed by atoms with Crippen LogP contribution in [0.2, 0.25) is 0 Å². The van der Waals surface area contributed by atoms with Crippen LogP contribution in [0.5, 0.6) is 0 Å². The summed E-state index contributed by atoms with van der Waals surface area (Å²) in [6.07, 6.45) is 2.46. The van der Waals surface area contributed by atoms with Gasteiger partial charge in [0.1, 0.15) is 5.82 Å². The smallest absolute Gasteiger partial charge is 0.191 e. The summed E-state index contributed by atoms with van der Waals surface area (Å²) >= 11 is 1.69. The van der Waals surface area contributed by atoms with Crippen molar-refractivity contribution in [3.8, 4) is 0 Å². The first-order valence-corrected chi connectivity index (χ1v) is 6.12. The molecule has 1 heterocycles. The third kappa shape index (κ3) is 2.41. The molecule has 1 aliphatic carbocycles. The lowest BCUT2D eigenvalue weighted by molar-refractivity contribution is 0.626. The van der Waals surface area contributed by atoms with Crippen molar-refractivity contribution in [3.05, 3.63) is 18.0 Å². The molecule has 0 saturated heterocycles. The predicted octanol–water partition coefficient (Wildman–Crippen LogP) is 1.74. The van der Waals surface area contributed by atoms with Gasteiger partial charge in [-0.15, -0.1) is 10.2 Å². The van der Waals surface area contributed by atoms with Crippen molar-refractivity contribution in [3.63, 3.8) is 0 Å². The van der Waals surface area contributed by atoms with Gasteiger partial charge in [0.15, 0.2) is 5.16 Å². The van der Waals surface area contributed by atoms with Crippen LogP contribution in [0.4, 0.5) is 0 Å². The van der Waals surface area contributed by atoms with Crippen LogP contribution in [0.3, 0.4) is 0 Å². The zero-order valence-electron chi connectivity index (χ0n) is 8.94. The molecule has 1 fully saturated rings. The molecule has 4 nitrogen and oxygen atoms in total. The summed E-state index contributed by atoms with van der Waals surface area (Å²) in [6, 6.07) is 0.589. The molecular formula is C10H16N4S. The fraction of sp³-hybridized carbons (Fsp3) is 0.600. The van der Waals surface area contributed by atoms with Gasteiger partial charge in [-0.3, -0.25) is 0 Å². The monoisotopic (exact) mass is 224 g/mol. The Morgan fingerprint density at radius 1 is 1.60 bits per heavy atom. The summed E-state index contributed by atoms with van der Waals surface area (Å²) in [4.78, 5) is 0. The largest absolute Gasteiger partial charge is 0.324 e. The highest BCUT2D eigenvalue weighted by molar-refractivity contribution is 7.99. The molecule has 5 heteroatoms. The zero-order valence-corrected chi connectivity index (χ0v) is 9.76. The van der Waals surface area contributed by atoms with E-state index >= 15 is 0 Å². The van der Waals surface area contributed by atoms with Gasteiger partial charge in [0, 0.05) is 11.8 Å². The van der Waals surface area contributed by atoms with Gasteiger partial charge in [0.25, 0.3) is 0 Å². The number of nitrogens with two attached hydrogens (primary N) is 1. The molecule has 82 valence electrons. The van der Waals surface area contributed by atoms with E-state index in [2.05, 4.69) is 21.3 Å². The van der Waals surface area contributed by atoms with E-state index in [0.717, 1.165) is 22.3 Å². The molecule has 0 radical (unpaired) electrons. The Morgan fingerprint density at radius 2 is 2.33 bits per heavy atom. The number of hydrogen-bond acceptors (Lipinski definition) is 4. The number of nitrogens with zero attached hydrogens (tertiary/aromatic N) is 3. The van der Waals surface area contributed by atoms with Crippen molar-refractivity contribution < 1.29 is 0 Å². The minimum Gasteiger partial charge on any atom is -0.324 e. The number of aromatic nitrogens is 3. The lowest BCUT2D eigenvalue weighted by atomic mass is 10.4. The molecule has 0 amide bonds. The minimum absolute atomic E-state index is 0.469. The Bertz CT molecular complexity index is 367. The topological polar surface area (TPSA) is 56.7 Å². The summed E-state index contributed by atoms with van der Waals surface area (Å²) in [6.45, 7) is 6.38. The average Bonchev–Trinajstić information content (AvgIpc) is 2.96. The van der Waals surface area contributed by atoms with Gasteiger partial charge >= 0.3 is 0 Å². The molecule has 15 heavy (non-hydrogen) atoms. The van der Waals surface area contributed by atoms with Gasteiger partial charge in [-0.2, -0.15) is 0 Å². The van der Waals surface area contributed by atoms with E-state index in [-0.39, 0.29) is 0 Å². The second-order valence-corrected chi connectivity index (χ2v) is 4.89. The first-order valence-electron chi connectivity index (χ1n) is 5.13. The van der Waals surface area contributed by atoms with Crippen LogP contribution in [0, 0.1) is 0 Å².